The molecule has 2 saturated heterocycles. The molecule has 1 aromatic heterocycles. The predicted molar refractivity (Wildman–Crippen MR) is 88.9 cm³/mol. The molecular formula is C18H25N3O3. The maximum atomic E-state index is 12.5. The fraction of sp³-hybridized carbons (Fsp3) is 0.722. The van der Waals surface area contributed by atoms with Gasteiger partial charge in [0.05, 0.1) is 6.10 Å². The zero-order valence-electron chi connectivity index (χ0n) is 14.4. The molecule has 0 N–H and O–H groups in total. The van der Waals surface area contributed by atoms with Crippen molar-refractivity contribution in [3.8, 4) is 0 Å². The molecule has 3 unspecified atom stereocenters. The lowest BCUT2D eigenvalue weighted by molar-refractivity contribution is -0.243. The van der Waals surface area contributed by atoms with Crippen LogP contribution in [0.2, 0.25) is 0 Å². The summed E-state index contributed by atoms with van der Waals surface area (Å²) in [5.41, 5.74) is 0.151. The number of esters is 1. The molecule has 3 atom stereocenters. The molecule has 6 nitrogen and oxygen atoms in total. The number of aromatic nitrogens is 2. The van der Waals surface area contributed by atoms with Crippen LogP contribution in [0.3, 0.4) is 0 Å². The van der Waals surface area contributed by atoms with Crippen molar-refractivity contribution in [1.29, 1.82) is 0 Å². The fourth-order valence-electron chi connectivity index (χ4n) is 4.44. The summed E-state index contributed by atoms with van der Waals surface area (Å²) in [6.07, 6.45) is 4.57. The van der Waals surface area contributed by atoms with Crippen LogP contribution < -0.4 is 4.90 Å². The van der Waals surface area contributed by atoms with Crippen LogP contribution in [0, 0.1) is 11.3 Å². The van der Waals surface area contributed by atoms with Gasteiger partial charge >= 0.3 is 5.97 Å². The van der Waals surface area contributed by atoms with Crippen molar-refractivity contribution in [2.75, 3.05) is 24.6 Å². The van der Waals surface area contributed by atoms with Gasteiger partial charge in [0, 0.05) is 31.0 Å². The smallest absolute Gasteiger partial charge is 0.359 e. The topological polar surface area (TPSA) is 64.6 Å². The highest BCUT2D eigenvalue weighted by molar-refractivity contribution is 5.87. The summed E-state index contributed by atoms with van der Waals surface area (Å²) in [6.45, 7) is 7.06. The third-order valence-electron chi connectivity index (χ3n) is 5.75. The molecule has 0 aromatic carbocycles. The fourth-order valence-corrected chi connectivity index (χ4v) is 4.44. The normalized spacial score (nSPS) is 31.2. The van der Waals surface area contributed by atoms with Gasteiger partial charge in [0.25, 0.3) is 0 Å². The molecule has 130 valence electrons. The summed E-state index contributed by atoms with van der Waals surface area (Å²) in [5, 5.41) is 8.29. The molecule has 3 heterocycles. The van der Waals surface area contributed by atoms with Crippen LogP contribution in [0.1, 0.15) is 50.0 Å². The van der Waals surface area contributed by atoms with Gasteiger partial charge in [-0.2, -0.15) is 0 Å². The molecule has 0 bridgehead atoms. The summed E-state index contributed by atoms with van der Waals surface area (Å²) in [7, 11) is 0. The van der Waals surface area contributed by atoms with Gasteiger partial charge in [0.2, 0.25) is 0 Å². The molecule has 1 aliphatic carbocycles. The van der Waals surface area contributed by atoms with Gasteiger partial charge < -0.3 is 14.4 Å². The Kier molecular flexibility index (Phi) is 3.95. The Hall–Kier alpha value is -1.69. The minimum Gasteiger partial charge on any atom is -0.457 e. The van der Waals surface area contributed by atoms with Crippen molar-refractivity contribution < 1.29 is 14.3 Å². The van der Waals surface area contributed by atoms with Crippen LogP contribution in [0.5, 0.6) is 0 Å². The Labute approximate surface area is 142 Å². The van der Waals surface area contributed by atoms with Crippen molar-refractivity contribution in [3.05, 3.63) is 17.8 Å². The van der Waals surface area contributed by atoms with Crippen LogP contribution in [0.15, 0.2) is 12.1 Å². The largest absolute Gasteiger partial charge is 0.457 e. The lowest BCUT2D eigenvalue weighted by atomic mass is 9.57. The zero-order chi connectivity index (χ0) is 16.7. The second kappa shape index (κ2) is 5.99. The van der Waals surface area contributed by atoms with Crippen LogP contribution in [0.4, 0.5) is 5.82 Å². The number of rotatable bonds is 3. The summed E-state index contributed by atoms with van der Waals surface area (Å²) in [5.74, 6) is 0.779. The van der Waals surface area contributed by atoms with E-state index in [4.69, 9.17) is 9.47 Å². The minimum atomic E-state index is -0.377. The predicted octanol–water partition coefficient (Wildman–Crippen LogP) is 2.44. The number of anilines is 1. The molecule has 6 heteroatoms. The third-order valence-corrected chi connectivity index (χ3v) is 5.75. The van der Waals surface area contributed by atoms with Crippen molar-refractivity contribution >= 4 is 11.8 Å². The van der Waals surface area contributed by atoms with Crippen molar-refractivity contribution in [2.45, 2.75) is 51.7 Å². The average Bonchev–Trinajstić information content (AvgIpc) is 3.14. The number of ether oxygens (including phenoxy) is 2. The zero-order valence-corrected chi connectivity index (χ0v) is 14.4. The second-order valence-corrected chi connectivity index (χ2v) is 7.72. The first-order valence-corrected chi connectivity index (χ1v) is 8.98. The van der Waals surface area contributed by atoms with Gasteiger partial charge in [-0.05, 0) is 37.8 Å². The lowest BCUT2D eigenvalue weighted by Gasteiger charge is -2.58. The maximum absolute atomic E-state index is 12.5. The van der Waals surface area contributed by atoms with E-state index in [9.17, 15) is 4.79 Å². The van der Waals surface area contributed by atoms with Gasteiger partial charge in [-0.1, -0.05) is 13.8 Å². The number of hydrogen-bond donors (Lipinski definition) is 0. The van der Waals surface area contributed by atoms with Gasteiger partial charge in [0.15, 0.2) is 11.5 Å². The van der Waals surface area contributed by atoms with Gasteiger partial charge in [0.1, 0.15) is 6.10 Å². The van der Waals surface area contributed by atoms with E-state index in [-0.39, 0.29) is 29.3 Å². The van der Waals surface area contributed by atoms with E-state index in [1.807, 2.05) is 6.07 Å². The first-order valence-electron chi connectivity index (χ1n) is 8.98. The quantitative estimate of drug-likeness (QED) is 0.793. The molecule has 0 amide bonds. The SMILES string of the molecule is CC1(C)C2OCCCC2C1OC(=O)c1ccc(N2CCCC2)nn1. The van der Waals surface area contributed by atoms with Crippen LogP contribution in [-0.4, -0.2) is 48.1 Å². The Bertz CT molecular complexity index is 610. The molecule has 0 spiro atoms. The summed E-state index contributed by atoms with van der Waals surface area (Å²) in [6, 6.07) is 3.59. The number of nitrogens with zero attached hydrogens (tertiary/aromatic N) is 3. The highest BCUT2D eigenvalue weighted by atomic mass is 16.6. The van der Waals surface area contributed by atoms with E-state index in [2.05, 4.69) is 28.9 Å². The summed E-state index contributed by atoms with van der Waals surface area (Å²) in [4.78, 5) is 14.7. The molecule has 0 radical (unpaired) electrons. The second-order valence-electron chi connectivity index (χ2n) is 7.72. The maximum Gasteiger partial charge on any atom is 0.359 e. The van der Waals surface area contributed by atoms with Crippen molar-refractivity contribution in [3.63, 3.8) is 0 Å². The summed E-state index contributed by atoms with van der Waals surface area (Å²) >= 11 is 0. The Balaban J connectivity index is 1.42. The Morgan fingerprint density at radius 3 is 2.75 bits per heavy atom. The van der Waals surface area contributed by atoms with Gasteiger partial charge in [-0.15, -0.1) is 10.2 Å². The van der Waals surface area contributed by atoms with Crippen LogP contribution in [-0.2, 0) is 9.47 Å². The Morgan fingerprint density at radius 2 is 2.04 bits per heavy atom. The van der Waals surface area contributed by atoms with E-state index in [0.717, 1.165) is 38.4 Å². The average molecular weight is 331 g/mol. The molecule has 4 rings (SSSR count). The van der Waals surface area contributed by atoms with Gasteiger partial charge in [-0.25, -0.2) is 4.79 Å². The van der Waals surface area contributed by atoms with Gasteiger partial charge in [-0.3, -0.25) is 0 Å². The van der Waals surface area contributed by atoms with E-state index >= 15 is 0 Å². The number of fused-ring (bicyclic) bond motifs is 1. The lowest BCUT2D eigenvalue weighted by Crippen LogP contribution is -2.65. The monoisotopic (exact) mass is 331 g/mol. The molecule has 2 aliphatic heterocycles. The molecule has 3 fully saturated rings. The van der Waals surface area contributed by atoms with E-state index in [1.165, 1.54) is 12.8 Å². The number of hydrogen-bond acceptors (Lipinski definition) is 6. The van der Waals surface area contributed by atoms with Crippen LogP contribution >= 0.6 is 0 Å². The van der Waals surface area contributed by atoms with Crippen LogP contribution in [0.25, 0.3) is 0 Å². The highest BCUT2D eigenvalue weighted by Crippen LogP contribution is 2.53. The van der Waals surface area contributed by atoms with Crippen molar-refractivity contribution in [1.82, 2.24) is 10.2 Å². The molecule has 1 saturated carbocycles. The first-order chi connectivity index (χ1) is 11.6. The first kappa shape index (κ1) is 15.8. The van der Waals surface area contributed by atoms with Crippen molar-refractivity contribution in [2.24, 2.45) is 11.3 Å². The minimum absolute atomic E-state index is 0.102. The Morgan fingerprint density at radius 1 is 1.25 bits per heavy atom. The van der Waals surface area contributed by atoms with E-state index in [1.54, 1.807) is 6.07 Å². The molecular weight excluding hydrogens is 306 g/mol. The number of carbonyl (C=O) groups is 1. The molecule has 3 aliphatic rings. The number of carbonyl (C=O) groups excluding carboxylic acids is 1. The highest BCUT2D eigenvalue weighted by Gasteiger charge is 2.60. The third kappa shape index (κ3) is 2.57. The standard InChI is InChI=1S/C18H25N3O3/c1-18(2)15-12(6-5-11-23-15)16(18)24-17(22)13-7-8-14(20-19-13)21-9-3-4-10-21/h7-8,12,15-16H,3-6,9-11H2,1-2H3. The van der Waals surface area contributed by atoms with E-state index < -0.39 is 0 Å². The molecule has 1 aromatic rings. The summed E-state index contributed by atoms with van der Waals surface area (Å²) < 4.78 is 11.6. The van der Waals surface area contributed by atoms with E-state index in [0.29, 0.717) is 5.92 Å². The molecule has 24 heavy (non-hydrogen) atoms.